The van der Waals surface area contributed by atoms with Crippen molar-refractivity contribution < 1.29 is 0 Å². The van der Waals surface area contributed by atoms with Gasteiger partial charge in [0.05, 0.1) is 15.9 Å². The van der Waals surface area contributed by atoms with Crippen LogP contribution in [0.15, 0.2) is 0 Å². The molecule has 0 saturated heterocycles. The Kier molecular flexibility index (Phi) is 2.89. The molecule has 3 aromatic rings. The van der Waals surface area contributed by atoms with Crippen LogP contribution in [0.5, 0.6) is 0 Å². The first-order valence-corrected chi connectivity index (χ1v) is 7.28. The quantitative estimate of drug-likeness (QED) is 0.798. The molecule has 0 atom stereocenters. The lowest BCUT2D eigenvalue weighted by Crippen LogP contribution is -2.01. The fraction of sp³-hybridized carbons (Fsp3) is 0.462. The molecule has 0 saturated carbocycles. The lowest BCUT2D eigenvalue weighted by atomic mass is 10.1. The molecule has 0 aliphatic rings. The van der Waals surface area contributed by atoms with Gasteiger partial charge in [0.2, 0.25) is 0 Å². The number of aromatic nitrogens is 4. The van der Waals surface area contributed by atoms with Gasteiger partial charge in [0.1, 0.15) is 4.83 Å². The smallest absolute Gasteiger partial charge is 0.166 e. The van der Waals surface area contributed by atoms with E-state index in [0.717, 1.165) is 34.8 Å². The second-order valence-corrected chi connectivity index (χ2v) is 5.77. The van der Waals surface area contributed by atoms with Crippen LogP contribution in [0, 0.1) is 13.8 Å². The Balaban J connectivity index is 2.33. The number of anilines is 1. The normalized spacial score (nSPS) is 11.6. The summed E-state index contributed by atoms with van der Waals surface area (Å²) in [5.41, 5.74) is 3.34. The van der Waals surface area contributed by atoms with Crippen LogP contribution in [0.1, 0.15) is 24.6 Å². The van der Waals surface area contributed by atoms with E-state index in [1.807, 2.05) is 18.7 Å². The molecular formula is C13H17N5S. The van der Waals surface area contributed by atoms with Crippen LogP contribution >= 0.6 is 11.3 Å². The van der Waals surface area contributed by atoms with E-state index >= 15 is 0 Å². The van der Waals surface area contributed by atoms with Crippen LogP contribution in [-0.4, -0.2) is 26.5 Å². The Morgan fingerprint density at radius 1 is 1.26 bits per heavy atom. The summed E-state index contributed by atoms with van der Waals surface area (Å²) in [5, 5.41) is 17.7. The van der Waals surface area contributed by atoms with Gasteiger partial charge >= 0.3 is 0 Å². The van der Waals surface area contributed by atoms with Crippen LogP contribution in [-0.2, 0) is 7.05 Å². The maximum Gasteiger partial charge on any atom is 0.166 e. The average molecular weight is 275 g/mol. The van der Waals surface area contributed by atoms with Crippen LogP contribution in [0.4, 0.5) is 5.82 Å². The number of nitrogens with zero attached hydrogens (tertiary/aromatic N) is 4. The van der Waals surface area contributed by atoms with E-state index < -0.39 is 0 Å². The van der Waals surface area contributed by atoms with Gasteiger partial charge < -0.3 is 5.32 Å². The van der Waals surface area contributed by atoms with Crippen molar-refractivity contribution in [1.29, 1.82) is 0 Å². The molecule has 0 fully saturated rings. The van der Waals surface area contributed by atoms with Gasteiger partial charge in [-0.25, -0.2) is 0 Å². The van der Waals surface area contributed by atoms with Crippen LogP contribution in [0.2, 0.25) is 0 Å². The molecule has 6 heteroatoms. The summed E-state index contributed by atoms with van der Waals surface area (Å²) in [6.07, 6.45) is 1.08. The minimum absolute atomic E-state index is 0.935. The lowest BCUT2D eigenvalue weighted by molar-refractivity contribution is 0.797. The van der Waals surface area contributed by atoms with Gasteiger partial charge in [-0.1, -0.05) is 6.92 Å². The SMILES string of the molecule is CCCNc1nn(C)c2c1sc1nnc(C)c(C)c12. The predicted octanol–water partition coefficient (Wildman–Crippen LogP) is 3.02. The number of thiophene rings is 1. The Morgan fingerprint density at radius 2 is 2.05 bits per heavy atom. The van der Waals surface area contributed by atoms with E-state index in [-0.39, 0.29) is 0 Å². The third-order valence-electron chi connectivity index (χ3n) is 3.40. The zero-order valence-electron chi connectivity index (χ0n) is 11.6. The number of rotatable bonds is 3. The zero-order valence-corrected chi connectivity index (χ0v) is 12.4. The first-order valence-electron chi connectivity index (χ1n) is 6.46. The van der Waals surface area contributed by atoms with Crippen LogP contribution < -0.4 is 5.32 Å². The van der Waals surface area contributed by atoms with Gasteiger partial charge in [-0.15, -0.1) is 16.4 Å². The first kappa shape index (κ1) is 12.3. The summed E-state index contributed by atoms with van der Waals surface area (Å²) in [6.45, 7) is 7.18. The summed E-state index contributed by atoms with van der Waals surface area (Å²) in [6, 6.07) is 0. The number of aryl methyl sites for hydroxylation is 3. The largest absolute Gasteiger partial charge is 0.367 e. The Morgan fingerprint density at radius 3 is 2.79 bits per heavy atom. The molecule has 3 aromatic heterocycles. The van der Waals surface area contributed by atoms with E-state index in [1.165, 1.54) is 15.6 Å². The van der Waals surface area contributed by atoms with Gasteiger partial charge in [0, 0.05) is 19.0 Å². The number of hydrogen-bond donors (Lipinski definition) is 1. The molecule has 0 spiro atoms. The highest BCUT2D eigenvalue weighted by molar-refractivity contribution is 7.26. The topological polar surface area (TPSA) is 55.6 Å². The Labute approximate surface area is 115 Å². The third kappa shape index (κ3) is 1.78. The van der Waals surface area contributed by atoms with Gasteiger partial charge in [-0.05, 0) is 25.8 Å². The monoisotopic (exact) mass is 275 g/mol. The number of nitrogens with one attached hydrogen (secondary N) is 1. The summed E-state index contributed by atoms with van der Waals surface area (Å²) in [7, 11) is 1.99. The highest BCUT2D eigenvalue weighted by Crippen LogP contribution is 2.38. The van der Waals surface area contributed by atoms with Crippen molar-refractivity contribution in [2.45, 2.75) is 27.2 Å². The summed E-state index contributed by atoms with van der Waals surface area (Å²) < 4.78 is 3.12. The molecule has 0 aliphatic heterocycles. The maximum atomic E-state index is 4.58. The van der Waals surface area contributed by atoms with Crippen molar-refractivity contribution >= 4 is 37.6 Å². The molecule has 3 heterocycles. The second-order valence-electron chi connectivity index (χ2n) is 4.77. The van der Waals surface area contributed by atoms with Crippen molar-refractivity contribution in [2.24, 2.45) is 7.05 Å². The third-order valence-corrected chi connectivity index (χ3v) is 4.47. The molecule has 0 radical (unpaired) electrons. The second kappa shape index (κ2) is 4.45. The standard InChI is InChI=1S/C13H17N5S/c1-5-6-14-12-11-10(18(4)17-12)9-7(2)8(3)15-16-13(9)19-11/h5-6H2,1-4H3,(H,14,17). The van der Waals surface area contributed by atoms with Gasteiger partial charge in [0.25, 0.3) is 0 Å². The highest BCUT2D eigenvalue weighted by atomic mass is 32.1. The van der Waals surface area contributed by atoms with E-state index in [9.17, 15) is 0 Å². The average Bonchev–Trinajstić information content (AvgIpc) is 2.91. The lowest BCUT2D eigenvalue weighted by Gasteiger charge is -2.00. The molecule has 3 rings (SSSR count). The van der Waals surface area contributed by atoms with Crippen molar-refractivity contribution in [3.63, 3.8) is 0 Å². The molecule has 0 amide bonds. The van der Waals surface area contributed by atoms with Gasteiger partial charge in [-0.2, -0.15) is 10.2 Å². The molecule has 0 aliphatic carbocycles. The van der Waals surface area contributed by atoms with Crippen molar-refractivity contribution in [2.75, 3.05) is 11.9 Å². The summed E-state index contributed by atoms with van der Waals surface area (Å²) in [4.78, 5) is 0.991. The molecule has 0 bridgehead atoms. The fourth-order valence-electron chi connectivity index (χ4n) is 2.27. The molecular weight excluding hydrogens is 258 g/mol. The van der Waals surface area contributed by atoms with Gasteiger partial charge in [0.15, 0.2) is 5.82 Å². The minimum atomic E-state index is 0.935. The van der Waals surface area contributed by atoms with Gasteiger partial charge in [-0.3, -0.25) is 4.68 Å². The van der Waals surface area contributed by atoms with E-state index in [1.54, 1.807) is 11.3 Å². The van der Waals surface area contributed by atoms with Crippen molar-refractivity contribution in [3.8, 4) is 0 Å². The van der Waals surface area contributed by atoms with Crippen LogP contribution in [0.25, 0.3) is 20.4 Å². The molecule has 5 nitrogen and oxygen atoms in total. The van der Waals surface area contributed by atoms with Crippen molar-refractivity contribution in [3.05, 3.63) is 11.3 Å². The molecule has 100 valence electrons. The van der Waals surface area contributed by atoms with E-state index in [0.29, 0.717) is 0 Å². The van der Waals surface area contributed by atoms with E-state index in [4.69, 9.17) is 0 Å². The molecule has 19 heavy (non-hydrogen) atoms. The summed E-state index contributed by atoms with van der Waals surface area (Å²) in [5.74, 6) is 0.958. The maximum absolute atomic E-state index is 4.58. The minimum Gasteiger partial charge on any atom is -0.367 e. The zero-order chi connectivity index (χ0) is 13.6. The number of fused-ring (bicyclic) bond motifs is 3. The predicted molar refractivity (Wildman–Crippen MR) is 79.9 cm³/mol. The highest BCUT2D eigenvalue weighted by Gasteiger charge is 2.18. The molecule has 0 unspecified atom stereocenters. The van der Waals surface area contributed by atoms with Crippen LogP contribution in [0.3, 0.4) is 0 Å². The summed E-state index contributed by atoms with van der Waals surface area (Å²) >= 11 is 1.66. The molecule has 0 aromatic carbocycles. The molecule has 1 N–H and O–H groups in total. The Bertz CT molecular complexity index is 755. The number of hydrogen-bond acceptors (Lipinski definition) is 5. The Hall–Kier alpha value is -1.69. The fourth-order valence-corrected chi connectivity index (χ4v) is 3.44. The first-order chi connectivity index (χ1) is 9.13. The van der Waals surface area contributed by atoms with E-state index in [2.05, 4.69) is 34.5 Å². The van der Waals surface area contributed by atoms with Crippen molar-refractivity contribution in [1.82, 2.24) is 20.0 Å².